The molecule has 1 N–H and O–H groups in total. The van der Waals surface area contributed by atoms with Crippen molar-refractivity contribution in [2.45, 2.75) is 26.0 Å². The van der Waals surface area contributed by atoms with Crippen LogP contribution in [-0.2, 0) is 32.0 Å². The summed E-state index contributed by atoms with van der Waals surface area (Å²) in [6.45, 7) is 3.71. The Morgan fingerprint density at radius 2 is 1.62 bits per heavy atom. The molecule has 0 heterocycles. The summed E-state index contributed by atoms with van der Waals surface area (Å²) in [5, 5.41) is 11.3. The summed E-state index contributed by atoms with van der Waals surface area (Å²) in [6, 6.07) is 27.3. The second-order valence-corrected chi connectivity index (χ2v) is 9.93. The third-order valence-corrected chi connectivity index (χ3v) is 6.84. The van der Waals surface area contributed by atoms with Crippen LogP contribution in [-0.4, -0.2) is 68.8 Å². The van der Waals surface area contributed by atoms with Gasteiger partial charge >= 0.3 is 5.97 Å². The van der Waals surface area contributed by atoms with Gasteiger partial charge < -0.3 is 29.0 Å². The molecule has 0 fully saturated rings. The molecule has 0 saturated carbocycles. The number of amides is 1. The standard InChI is InChI=1S/C34H37NO7/c1-4-41-32(34(37)38)19-24-8-10-26(11-9-24)27-7-5-6-25(18-27)22-35(2)33(36)30-13-12-29-21-31(15-14-28(29)20-30)42-23-40-17-16-39-3/h5-15,18,20-21,32H,4,16-17,19,22-23H2,1-3H3,(H,37,38)/t32-/m0/s1. The first-order valence-corrected chi connectivity index (χ1v) is 13.9. The van der Waals surface area contributed by atoms with Gasteiger partial charge in [0.05, 0.1) is 13.2 Å². The van der Waals surface area contributed by atoms with E-state index < -0.39 is 12.1 Å². The number of carboxylic acids is 1. The zero-order chi connectivity index (χ0) is 29.9. The lowest BCUT2D eigenvalue weighted by Gasteiger charge is -2.18. The van der Waals surface area contributed by atoms with Crippen molar-refractivity contribution in [1.29, 1.82) is 0 Å². The van der Waals surface area contributed by atoms with Crippen molar-refractivity contribution >= 4 is 22.6 Å². The fourth-order valence-electron chi connectivity index (χ4n) is 4.64. The van der Waals surface area contributed by atoms with Crippen molar-refractivity contribution in [2.24, 2.45) is 0 Å². The van der Waals surface area contributed by atoms with Crippen LogP contribution in [0.4, 0.5) is 0 Å². The first-order chi connectivity index (χ1) is 20.4. The molecule has 8 heteroatoms. The summed E-state index contributed by atoms with van der Waals surface area (Å²) in [5.41, 5.74) is 4.54. The molecule has 220 valence electrons. The summed E-state index contributed by atoms with van der Waals surface area (Å²) in [4.78, 5) is 26.4. The third kappa shape index (κ3) is 8.39. The van der Waals surface area contributed by atoms with E-state index in [1.807, 2.05) is 78.9 Å². The molecular formula is C34H37NO7. The van der Waals surface area contributed by atoms with Crippen LogP contribution in [0, 0.1) is 0 Å². The van der Waals surface area contributed by atoms with Crippen molar-refractivity contribution in [3.05, 3.63) is 102 Å². The molecule has 0 bridgehead atoms. The van der Waals surface area contributed by atoms with Crippen LogP contribution in [0.3, 0.4) is 0 Å². The van der Waals surface area contributed by atoms with Gasteiger partial charge in [-0.1, -0.05) is 54.6 Å². The van der Waals surface area contributed by atoms with E-state index in [1.165, 1.54) is 0 Å². The summed E-state index contributed by atoms with van der Waals surface area (Å²) < 4.78 is 21.3. The van der Waals surface area contributed by atoms with Gasteiger partial charge in [-0.2, -0.15) is 0 Å². The zero-order valence-electron chi connectivity index (χ0n) is 24.2. The predicted molar refractivity (Wildman–Crippen MR) is 162 cm³/mol. The number of benzene rings is 4. The molecule has 4 rings (SSSR count). The number of hydrogen-bond donors (Lipinski definition) is 1. The van der Waals surface area contributed by atoms with E-state index in [1.54, 1.807) is 26.0 Å². The van der Waals surface area contributed by atoms with Gasteiger partial charge in [0, 0.05) is 39.3 Å². The highest BCUT2D eigenvalue weighted by molar-refractivity contribution is 5.98. The van der Waals surface area contributed by atoms with Gasteiger partial charge in [0.2, 0.25) is 0 Å². The maximum atomic E-state index is 13.3. The molecule has 1 atom stereocenters. The first kappa shape index (κ1) is 30.7. The van der Waals surface area contributed by atoms with Crippen molar-refractivity contribution in [3.63, 3.8) is 0 Å². The predicted octanol–water partition coefficient (Wildman–Crippen LogP) is 5.81. The number of carbonyl (C=O) groups is 2. The number of hydrogen-bond acceptors (Lipinski definition) is 6. The lowest BCUT2D eigenvalue weighted by atomic mass is 9.99. The van der Waals surface area contributed by atoms with E-state index in [4.69, 9.17) is 18.9 Å². The highest BCUT2D eigenvalue weighted by Crippen LogP contribution is 2.25. The maximum Gasteiger partial charge on any atom is 0.333 e. The minimum atomic E-state index is -0.963. The molecule has 0 aromatic heterocycles. The Balaban J connectivity index is 1.38. The van der Waals surface area contributed by atoms with Crippen LogP contribution in [0.15, 0.2) is 84.9 Å². The van der Waals surface area contributed by atoms with E-state index in [0.717, 1.165) is 33.0 Å². The lowest BCUT2D eigenvalue weighted by molar-refractivity contribution is -0.149. The van der Waals surface area contributed by atoms with Crippen LogP contribution in [0.2, 0.25) is 0 Å². The Kier molecular flexibility index (Phi) is 11.1. The van der Waals surface area contributed by atoms with Crippen LogP contribution in [0.25, 0.3) is 21.9 Å². The minimum absolute atomic E-state index is 0.0687. The fourth-order valence-corrected chi connectivity index (χ4v) is 4.64. The largest absolute Gasteiger partial charge is 0.479 e. The third-order valence-electron chi connectivity index (χ3n) is 6.84. The van der Waals surface area contributed by atoms with E-state index in [2.05, 4.69) is 6.07 Å². The Bertz CT molecular complexity index is 1490. The van der Waals surface area contributed by atoms with Crippen molar-refractivity contribution in [3.8, 4) is 16.9 Å². The molecular weight excluding hydrogens is 534 g/mol. The molecule has 1 amide bonds. The summed E-state index contributed by atoms with van der Waals surface area (Å²) in [6.07, 6.45) is -0.549. The average molecular weight is 572 g/mol. The molecule has 0 spiro atoms. The molecule has 0 aliphatic carbocycles. The summed E-state index contributed by atoms with van der Waals surface area (Å²) >= 11 is 0. The number of fused-ring (bicyclic) bond motifs is 1. The molecule has 4 aromatic carbocycles. The van der Waals surface area contributed by atoms with Gasteiger partial charge in [-0.3, -0.25) is 4.79 Å². The maximum absolute atomic E-state index is 13.3. The highest BCUT2D eigenvalue weighted by Gasteiger charge is 2.18. The molecule has 4 aromatic rings. The number of nitrogens with zero attached hydrogens (tertiary/aromatic N) is 1. The van der Waals surface area contributed by atoms with Crippen LogP contribution in [0.1, 0.15) is 28.4 Å². The molecule has 0 radical (unpaired) electrons. The van der Waals surface area contributed by atoms with E-state index in [0.29, 0.717) is 44.1 Å². The number of methoxy groups -OCH3 is 1. The topological polar surface area (TPSA) is 94.5 Å². The smallest absolute Gasteiger partial charge is 0.333 e. The van der Waals surface area contributed by atoms with Gasteiger partial charge in [-0.25, -0.2) is 4.79 Å². The zero-order valence-corrected chi connectivity index (χ0v) is 24.2. The molecule has 0 aliphatic heterocycles. The molecule has 8 nitrogen and oxygen atoms in total. The van der Waals surface area contributed by atoms with Gasteiger partial charge in [0.25, 0.3) is 5.91 Å². The first-order valence-electron chi connectivity index (χ1n) is 13.9. The molecule has 0 saturated heterocycles. The van der Waals surface area contributed by atoms with Gasteiger partial charge in [-0.05, 0) is 70.3 Å². The van der Waals surface area contributed by atoms with Gasteiger partial charge in [-0.15, -0.1) is 0 Å². The Morgan fingerprint density at radius 1 is 0.857 bits per heavy atom. The highest BCUT2D eigenvalue weighted by atomic mass is 16.7. The normalized spacial score (nSPS) is 11.8. The fraction of sp³-hybridized carbons (Fsp3) is 0.294. The van der Waals surface area contributed by atoms with Crippen molar-refractivity contribution < 1.29 is 33.6 Å². The number of rotatable bonds is 15. The SMILES string of the molecule is CCO[C@@H](Cc1ccc(-c2cccc(CN(C)C(=O)c3ccc4cc(OCOCCOC)ccc4c3)c2)cc1)C(=O)O. The van der Waals surface area contributed by atoms with Crippen LogP contribution < -0.4 is 4.74 Å². The van der Waals surface area contributed by atoms with E-state index in [9.17, 15) is 14.7 Å². The van der Waals surface area contributed by atoms with Crippen molar-refractivity contribution in [2.75, 3.05) is 40.8 Å². The number of carboxylic acid groups (broad SMARTS) is 1. The lowest BCUT2D eigenvalue weighted by Crippen LogP contribution is -2.26. The van der Waals surface area contributed by atoms with E-state index in [-0.39, 0.29) is 12.7 Å². The van der Waals surface area contributed by atoms with Crippen LogP contribution in [0.5, 0.6) is 5.75 Å². The second kappa shape index (κ2) is 15.1. The molecule has 0 aliphatic rings. The quantitative estimate of drug-likeness (QED) is 0.142. The van der Waals surface area contributed by atoms with Gasteiger partial charge in [0.15, 0.2) is 12.9 Å². The minimum Gasteiger partial charge on any atom is -0.479 e. The monoisotopic (exact) mass is 571 g/mol. The Morgan fingerprint density at radius 3 is 2.36 bits per heavy atom. The Hall–Kier alpha value is -4.24. The van der Waals surface area contributed by atoms with Crippen LogP contribution >= 0.6 is 0 Å². The summed E-state index contributed by atoms with van der Waals surface area (Å²) in [7, 11) is 3.42. The Labute approximate surface area is 246 Å². The summed E-state index contributed by atoms with van der Waals surface area (Å²) in [5.74, 6) is -0.336. The molecule has 42 heavy (non-hydrogen) atoms. The number of carbonyl (C=O) groups excluding carboxylic acids is 1. The molecule has 0 unspecified atom stereocenters. The number of ether oxygens (including phenoxy) is 4. The second-order valence-electron chi connectivity index (χ2n) is 9.93. The van der Waals surface area contributed by atoms with Gasteiger partial charge in [0.1, 0.15) is 5.75 Å². The van der Waals surface area contributed by atoms with Crippen molar-refractivity contribution in [1.82, 2.24) is 4.90 Å². The van der Waals surface area contributed by atoms with E-state index >= 15 is 0 Å². The average Bonchev–Trinajstić information content (AvgIpc) is 3.00. The number of aliphatic carboxylic acids is 1.